The molecule has 0 amide bonds. The van der Waals surface area contributed by atoms with Crippen molar-refractivity contribution < 1.29 is 18.3 Å². The Kier molecular flexibility index (Phi) is 5.99. The number of methoxy groups -OCH3 is 1. The van der Waals surface area contributed by atoms with Gasteiger partial charge in [0.05, 0.1) is 6.61 Å². The van der Waals surface area contributed by atoms with Crippen molar-refractivity contribution in [3.8, 4) is 0 Å². The number of hydrogen-bond acceptors (Lipinski definition) is 4. The normalized spacial score (nSPS) is 12.3. The van der Waals surface area contributed by atoms with E-state index in [2.05, 4.69) is 0 Å². The highest BCUT2D eigenvalue weighted by atomic mass is 32.2. The van der Waals surface area contributed by atoms with Crippen molar-refractivity contribution in [3.63, 3.8) is 0 Å². The largest absolute Gasteiger partial charge is 0.390 e. The molecule has 0 unspecified atom stereocenters. The minimum Gasteiger partial charge on any atom is -0.390 e. The Morgan fingerprint density at radius 1 is 1.47 bits per heavy atom. The zero-order chi connectivity index (χ0) is 14.5. The molecule has 0 atom stereocenters. The first kappa shape index (κ1) is 16.2. The smallest absolute Gasteiger partial charge is 0.244 e. The molecule has 19 heavy (non-hydrogen) atoms. The fourth-order valence-electron chi connectivity index (χ4n) is 1.82. The van der Waals surface area contributed by atoms with Gasteiger partial charge in [-0.1, -0.05) is 0 Å². The highest BCUT2D eigenvalue weighted by molar-refractivity contribution is 7.89. The summed E-state index contributed by atoms with van der Waals surface area (Å²) in [6.45, 7) is 3.28. The number of sulfonamides is 1. The maximum Gasteiger partial charge on any atom is 0.244 e. The number of aliphatic hydroxyl groups is 1. The summed E-state index contributed by atoms with van der Waals surface area (Å²) in [5.41, 5.74) is 0.603. The number of ether oxygens (including phenoxy) is 1. The van der Waals surface area contributed by atoms with Gasteiger partial charge in [-0.05, 0) is 19.4 Å². The molecule has 1 aromatic heterocycles. The topological polar surface area (TPSA) is 71.8 Å². The number of hydrogen-bond donors (Lipinski definition) is 1. The predicted molar refractivity (Wildman–Crippen MR) is 72.3 cm³/mol. The van der Waals surface area contributed by atoms with Crippen molar-refractivity contribution in [2.75, 3.05) is 27.3 Å². The van der Waals surface area contributed by atoms with E-state index in [9.17, 15) is 13.5 Å². The highest BCUT2D eigenvalue weighted by Crippen LogP contribution is 2.18. The monoisotopic (exact) mass is 290 g/mol. The van der Waals surface area contributed by atoms with Crippen LogP contribution in [-0.2, 0) is 27.9 Å². The molecule has 0 aliphatic heterocycles. The molecule has 0 spiro atoms. The first-order chi connectivity index (χ1) is 8.97. The lowest BCUT2D eigenvalue weighted by Gasteiger charge is -2.15. The fourth-order valence-corrected chi connectivity index (χ4v) is 3.10. The van der Waals surface area contributed by atoms with Crippen molar-refractivity contribution in [1.82, 2.24) is 8.87 Å². The van der Waals surface area contributed by atoms with Crippen molar-refractivity contribution >= 4 is 10.0 Å². The second kappa shape index (κ2) is 7.04. The van der Waals surface area contributed by atoms with Crippen LogP contribution in [0.5, 0.6) is 0 Å². The second-order valence-electron chi connectivity index (χ2n) is 4.28. The van der Waals surface area contributed by atoms with Crippen LogP contribution in [-0.4, -0.2) is 49.7 Å². The minimum atomic E-state index is -3.50. The Balaban J connectivity index is 2.90. The average molecular weight is 290 g/mol. The summed E-state index contributed by atoms with van der Waals surface area (Å²) in [6, 6.07) is 1.52. The van der Waals surface area contributed by atoms with E-state index in [1.165, 1.54) is 10.4 Å². The lowest BCUT2D eigenvalue weighted by molar-refractivity contribution is 0.189. The van der Waals surface area contributed by atoms with Gasteiger partial charge in [-0.25, -0.2) is 12.7 Å². The molecule has 110 valence electrons. The Hall–Kier alpha value is -0.890. The first-order valence-electron chi connectivity index (χ1n) is 6.22. The molecule has 0 bridgehead atoms. The molecule has 0 saturated carbocycles. The molecule has 0 aliphatic rings. The van der Waals surface area contributed by atoms with Crippen LogP contribution in [0, 0.1) is 0 Å². The third-order valence-electron chi connectivity index (χ3n) is 2.99. The van der Waals surface area contributed by atoms with E-state index >= 15 is 0 Å². The molecule has 1 rings (SSSR count). The van der Waals surface area contributed by atoms with Crippen LogP contribution in [0.3, 0.4) is 0 Å². The highest BCUT2D eigenvalue weighted by Gasteiger charge is 2.22. The van der Waals surface area contributed by atoms with Gasteiger partial charge in [0.2, 0.25) is 10.0 Å². The summed E-state index contributed by atoms with van der Waals surface area (Å²) >= 11 is 0. The Morgan fingerprint density at radius 2 is 2.16 bits per heavy atom. The van der Waals surface area contributed by atoms with Crippen LogP contribution >= 0.6 is 0 Å². The molecule has 0 aliphatic carbocycles. The number of aryl methyl sites for hydroxylation is 1. The molecule has 0 saturated heterocycles. The number of nitrogens with zero attached hydrogens (tertiary/aromatic N) is 2. The summed E-state index contributed by atoms with van der Waals surface area (Å²) < 4.78 is 32.6. The lowest BCUT2D eigenvalue weighted by Crippen LogP contribution is -2.28. The quantitative estimate of drug-likeness (QED) is 0.714. The van der Waals surface area contributed by atoms with Gasteiger partial charge in [-0.3, -0.25) is 0 Å². The molecule has 0 aromatic carbocycles. The van der Waals surface area contributed by atoms with Gasteiger partial charge >= 0.3 is 0 Å². The summed E-state index contributed by atoms with van der Waals surface area (Å²) in [5.74, 6) is 0. The third kappa shape index (κ3) is 3.79. The van der Waals surface area contributed by atoms with Crippen LogP contribution in [0.15, 0.2) is 17.2 Å². The van der Waals surface area contributed by atoms with Crippen LogP contribution in [0.1, 0.15) is 19.0 Å². The van der Waals surface area contributed by atoms with E-state index in [4.69, 9.17) is 4.74 Å². The zero-order valence-electron chi connectivity index (χ0n) is 11.7. The van der Waals surface area contributed by atoms with Gasteiger partial charge < -0.3 is 14.4 Å². The molecule has 1 N–H and O–H groups in total. The van der Waals surface area contributed by atoms with Gasteiger partial charge in [-0.2, -0.15) is 0 Å². The summed E-state index contributed by atoms with van der Waals surface area (Å²) in [6.07, 6.45) is 2.21. The third-order valence-corrected chi connectivity index (χ3v) is 4.82. The molecule has 0 radical (unpaired) electrons. The van der Waals surface area contributed by atoms with E-state index in [0.29, 0.717) is 31.8 Å². The minimum absolute atomic E-state index is 0.170. The lowest BCUT2D eigenvalue weighted by atomic mass is 10.4. The molecular weight excluding hydrogens is 268 g/mol. The SMILES string of the molecule is CCn1cc(S(=O)(=O)N(C)CCCOC)cc1CO. The maximum absolute atomic E-state index is 12.3. The van der Waals surface area contributed by atoms with E-state index < -0.39 is 10.0 Å². The average Bonchev–Trinajstić information content (AvgIpc) is 2.82. The van der Waals surface area contributed by atoms with E-state index in [1.807, 2.05) is 6.92 Å². The van der Waals surface area contributed by atoms with Crippen molar-refractivity contribution in [1.29, 1.82) is 0 Å². The summed E-state index contributed by atoms with van der Waals surface area (Å²) in [7, 11) is -0.360. The van der Waals surface area contributed by atoms with E-state index in [1.54, 1.807) is 24.9 Å². The summed E-state index contributed by atoms with van der Waals surface area (Å²) in [5, 5.41) is 9.19. The Labute approximate surface area is 114 Å². The van der Waals surface area contributed by atoms with E-state index in [-0.39, 0.29) is 11.5 Å². The molecular formula is C12H22N2O4S. The first-order valence-corrected chi connectivity index (χ1v) is 7.66. The van der Waals surface area contributed by atoms with Crippen molar-refractivity contribution in [2.45, 2.75) is 31.4 Å². The van der Waals surface area contributed by atoms with Gasteiger partial charge in [0, 0.05) is 45.7 Å². The Morgan fingerprint density at radius 3 is 2.63 bits per heavy atom. The number of aliphatic hydroxyl groups excluding tert-OH is 1. The van der Waals surface area contributed by atoms with Crippen LogP contribution in [0.25, 0.3) is 0 Å². The summed E-state index contributed by atoms with van der Waals surface area (Å²) in [4.78, 5) is 0.221. The van der Waals surface area contributed by atoms with Gasteiger partial charge in [0.1, 0.15) is 4.90 Å². The maximum atomic E-state index is 12.3. The standard InChI is InChI=1S/C12H22N2O4S/c1-4-14-9-12(8-11(14)10-15)19(16,17)13(2)6-5-7-18-3/h8-9,15H,4-7,10H2,1-3H3. The molecule has 0 fully saturated rings. The van der Waals surface area contributed by atoms with Crippen LogP contribution in [0.4, 0.5) is 0 Å². The molecule has 1 aromatic rings. The number of rotatable bonds is 8. The van der Waals surface area contributed by atoms with Gasteiger partial charge in [0.15, 0.2) is 0 Å². The second-order valence-corrected chi connectivity index (χ2v) is 6.33. The molecule has 6 nitrogen and oxygen atoms in total. The van der Waals surface area contributed by atoms with Crippen molar-refractivity contribution in [2.24, 2.45) is 0 Å². The van der Waals surface area contributed by atoms with Gasteiger partial charge in [0.25, 0.3) is 0 Å². The number of aromatic nitrogens is 1. The fraction of sp³-hybridized carbons (Fsp3) is 0.667. The predicted octanol–water partition coefficient (Wildman–Crippen LogP) is 0.657. The molecule has 7 heteroatoms. The van der Waals surface area contributed by atoms with Gasteiger partial charge in [-0.15, -0.1) is 0 Å². The van der Waals surface area contributed by atoms with Crippen molar-refractivity contribution in [3.05, 3.63) is 18.0 Å². The van der Waals surface area contributed by atoms with E-state index in [0.717, 1.165) is 0 Å². The van der Waals surface area contributed by atoms with Crippen LogP contribution < -0.4 is 0 Å². The Bertz CT molecular complexity index is 474. The molecule has 1 heterocycles. The zero-order valence-corrected chi connectivity index (χ0v) is 12.5. The van der Waals surface area contributed by atoms with Crippen LogP contribution in [0.2, 0.25) is 0 Å².